The average Bonchev–Trinajstić information content (AvgIpc) is 1.61. The van der Waals surface area contributed by atoms with Crippen molar-refractivity contribution >= 4 is 46.4 Å². The summed E-state index contributed by atoms with van der Waals surface area (Å²) in [5.74, 6) is 7.18. The van der Waals surface area contributed by atoms with Crippen molar-refractivity contribution in [2.45, 2.75) is 154 Å². The van der Waals surface area contributed by atoms with Gasteiger partial charge in [0.15, 0.2) is 0 Å². The fourth-order valence-corrected chi connectivity index (χ4v) is 14.4. The van der Waals surface area contributed by atoms with Crippen LogP contribution in [-0.2, 0) is 60.5 Å². The number of nitrogens with one attached hydrogen (secondary N) is 2. The van der Waals surface area contributed by atoms with E-state index in [0.717, 1.165) is 135 Å². The van der Waals surface area contributed by atoms with Gasteiger partial charge in [-0.15, -0.1) is 40.8 Å². The fraction of sp³-hybridized carbons (Fsp3) is 0.329. The number of benzene rings is 6. The van der Waals surface area contributed by atoms with Crippen molar-refractivity contribution in [3.8, 4) is 0 Å². The molecule has 23 nitrogen and oxygen atoms in total. The zero-order valence-electron chi connectivity index (χ0n) is 63.1. The Bertz CT molecular complexity index is 5040. The number of carbonyl (C=O) groups is 4. The van der Waals surface area contributed by atoms with E-state index in [2.05, 4.69) is 162 Å². The number of pyridine rings is 1. The number of amides is 4. The van der Waals surface area contributed by atoms with Gasteiger partial charge in [-0.3, -0.25) is 19.2 Å². The first-order chi connectivity index (χ1) is 52.2. The molecule has 17 rings (SSSR count). The summed E-state index contributed by atoms with van der Waals surface area (Å²) in [6, 6.07) is 50.3. The number of fused-ring (bicyclic) bond motifs is 2. The predicted molar refractivity (Wildman–Crippen MR) is 415 cm³/mol. The molecule has 8 heterocycles. The molecule has 0 spiro atoms. The Balaban J connectivity index is 0.000000121. The SMILES string of the molecule is Cc1cc(C(=O)Nc2cccc([C@H](C)Cc3nncn3C)c2)nc(C2CC2)n1.Cc1cc(C2CC2)cc(C(=O)Nc2cccc([C@H](C)Cc3nncn3C)c2)n1.Cc1cccc2c1CN(c1cccc([C@H](C)Cc3nncn3C)c1)C2=O.Cc1cccc2c1CN(c1cccc([C@H]3C[C@H]3c3nncn3C)c1)C2=O. The molecular formula is C85H91N19O4. The molecule has 0 radical (unpaired) electrons. The highest BCUT2D eigenvalue weighted by atomic mass is 16.2. The second-order valence-corrected chi connectivity index (χ2v) is 29.7. The summed E-state index contributed by atoms with van der Waals surface area (Å²) >= 11 is 0. The summed E-state index contributed by atoms with van der Waals surface area (Å²) in [6.45, 7) is 15.8. The summed E-state index contributed by atoms with van der Waals surface area (Å²) in [5.41, 5.74) is 18.4. The maximum Gasteiger partial charge on any atom is 0.274 e. The minimum absolute atomic E-state index is 0.0850. The highest BCUT2D eigenvalue weighted by Gasteiger charge is 2.43. The highest BCUT2D eigenvalue weighted by molar-refractivity contribution is 6.11. The smallest absolute Gasteiger partial charge is 0.274 e. The Morgan fingerprint density at radius 3 is 1.36 bits per heavy atom. The van der Waals surface area contributed by atoms with Crippen LogP contribution >= 0.6 is 0 Å². The molecule has 2 aliphatic heterocycles. The molecule has 0 saturated heterocycles. The van der Waals surface area contributed by atoms with E-state index < -0.39 is 0 Å². The Hall–Kier alpha value is -12.0. The molecule has 12 aromatic rings. The van der Waals surface area contributed by atoms with E-state index in [1.807, 2.05) is 155 Å². The van der Waals surface area contributed by atoms with Crippen molar-refractivity contribution in [3.63, 3.8) is 0 Å². The van der Waals surface area contributed by atoms with E-state index in [1.54, 1.807) is 31.4 Å². The van der Waals surface area contributed by atoms with Crippen LogP contribution in [0.1, 0.15) is 227 Å². The Morgan fingerprint density at radius 2 is 0.889 bits per heavy atom. The second-order valence-electron chi connectivity index (χ2n) is 29.7. The maximum atomic E-state index is 12.8. The third-order valence-electron chi connectivity index (χ3n) is 21.2. The number of hydrogen-bond donors (Lipinski definition) is 2. The molecular weight excluding hydrogens is 1350 g/mol. The van der Waals surface area contributed by atoms with E-state index in [0.29, 0.717) is 54.1 Å². The number of nitrogens with zero attached hydrogens (tertiary/aromatic N) is 17. The molecule has 5 atom stereocenters. The first-order valence-corrected chi connectivity index (χ1v) is 37.2. The van der Waals surface area contributed by atoms with Gasteiger partial charge >= 0.3 is 0 Å². The maximum absolute atomic E-state index is 12.8. The molecule has 5 aliphatic rings. The van der Waals surface area contributed by atoms with Crippen LogP contribution in [0.15, 0.2) is 177 Å². The van der Waals surface area contributed by atoms with Gasteiger partial charge in [-0.2, -0.15) is 0 Å². The van der Waals surface area contributed by atoms with Gasteiger partial charge in [0.1, 0.15) is 65.8 Å². The van der Waals surface area contributed by atoms with E-state index in [1.165, 1.54) is 40.7 Å². The third kappa shape index (κ3) is 16.8. The van der Waals surface area contributed by atoms with E-state index in [9.17, 15) is 19.2 Å². The fourth-order valence-electron chi connectivity index (χ4n) is 14.4. The quantitative estimate of drug-likeness (QED) is 0.0762. The van der Waals surface area contributed by atoms with Gasteiger partial charge in [0, 0.05) is 105 Å². The van der Waals surface area contributed by atoms with E-state index in [-0.39, 0.29) is 35.5 Å². The molecule has 6 aromatic carbocycles. The molecule has 550 valence electrons. The number of aryl methyl sites for hydroxylation is 8. The van der Waals surface area contributed by atoms with Crippen LogP contribution in [0.2, 0.25) is 0 Å². The van der Waals surface area contributed by atoms with Crippen molar-refractivity contribution in [2.24, 2.45) is 28.2 Å². The van der Waals surface area contributed by atoms with Crippen molar-refractivity contribution in [1.29, 1.82) is 0 Å². The largest absolute Gasteiger partial charge is 0.321 e. The lowest BCUT2D eigenvalue weighted by molar-refractivity contribution is 0.0989. The molecule has 0 bridgehead atoms. The number of hydrogen-bond acceptors (Lipinski definition) is 15. The molecule has 6 aromatic heterocycles. The zero-order valence-corrected chi connectivity index (χ0v) is 63.1. The lowest BCUT2D eigenvalue weighted by Crippen LogP contribution is -2.23. The lowest BCUT2D eigenvalue weighted by atomic mass is 9.97. The van der Waals surface area contributed by atoms with Crippen LogP contribution < -0.4 is 20.4 Å². The van der Waals surface area contributed by atoms with Crippen LogP contribution in [0, 0.1) is 27.7 Å². The van der Waals surface area contributed by atoms with E-state index in [4.69, 9.17) is 0 Å². The van der Waals surface area contributed by atoms with Gasteiger partial charge < -0.3 is 38.7 Å². The van der Waals surface area contributed by atoms with Gasteiger partial charge in [0.05, 0.1) is 13.1 Å². The molecule has 3 saturated carbocycles. The standard InChI is InChI=1S/C22H25N5O.C21H24N6O.C21H20N4O.C21H22N4O/c1-14(9-21-26-23-13-27(21)3)17-5-4-6-19(11-17)25-22(28)20-12-18(16-7-8-16)10-15(2)24-20;1-13(9-19-26-22-12-27(19)3)16-5-4-6-17(11-16)24-21(28)18-10-14(2)23-20(25-18)15-7-8-15;1-13-5-3-8-16-19(13)11-25(21(16)26)15-7-4-6-14(9-15)17-10-18(17)20-23-22-12-24(20)2;1-14-6-4-9-18-19(14)12-25(21(18)26)17-8-5-7-16(11-17)15(2)10-20-23-22-13-24(20)3/h4-6,10-14,16H,7-9H2,1-3H3,(H,25,28);4-6,10-13,15H,7-9H2,1-3H3,(H,24,28);3-9,12,17-18H,10-11H2,1-2H3;4-9,11,13,15H,10,12H2,1-3H3/t14-;13-;17-,18-;15-/m1111/s1. The van der Waals surface area contributed by atoms with Crippen LogP contribution in [0.3, 0.4) is 0 Å². The van der Waals surface area contributed by atoms with Crippen LogP contribution in [0.4, 0.5) is 22.7 Å². The minimum Gasteiger partial charge on any atom is -0.321 e. The topological polar surface area (TPSA) is 260 Å². The lowest BCUT2D eigenvalue weighted by Gasteiger charge is -2.19. The molecule has 23 heteroatoms. The van der Waals surface area contributed by atoms with Crippen LogP contribution in [0.5, 0.6) is 0 Å². The Morgan fingerprint density at radius 1 is 0.444 bits per heavy atom. The summed E-state index contributed by atoms with van der Waals surface area (Å²) in [4.78, 5) is 68.3. The van der Waals surface area contributed by atoms with Crippen molar-refractivity contribution in [3.05, 3.63) is 290 Å². The van der Waals surface area contributed by atoms with Gasteiger partial charge in [-0.1, -0.05) is 93.6 Å². The van der Waals surface area contributed by atoms with E-state index >= 15 is 0 Å². The minimum atomic E-state index is -0.203. The Labute approximate surface area is 629 Å². The predicted octanol–water partition coefficient (Wildman–Crippen LogP) is 14.6. The first kappa shape index (κ1) is 72.9. The van der Waals surface area contributed by atoms with Gasteiger partial charge in [-0.25, -0.2) is 15.0 Å². The second kappa shape index (κ2) is 31.6. The van der Waals surface area contributed by atoms with Crippen molar-refractivity contribution in [1.82, 2.24) is 74.0 Å². The van der Waals surface area contributed by atoms with Gasteiger partial charge in [0.2, 0.25) is 0 Å². The third-order valence-corrected chi connectivity index (χ3v) is 21.2. The molecule has 2 N–H and O–H groups in total. The number of anilines is 4. The number of carbonyl (C=O) groups excluding carboxylic acids is 4. The molecule has 108 heavy (non-hydrogen) atoms. The molecule has 3 aliphatic carbocycles. The molecule has 4 amide bonds. The van der Waals surface area contributed by atoms with Crippen LogP contribution in [-0.4, -0.2) is 97.6 Å². The summed E-state index contributed by atoms with van der Waals surface area (Å²) in [5, 5.41) is 38.5. The Kier molecular flexibility index (Phi) is 21.3. The number of aromatic nitrogens is 15. The summed E-state index contributed by atoms with van der Waals surface area (Å²) in [7, 11) is 7.84. The summed E-state index contributed by atoms with van der Waals surface area (Å²) < 4.78 is 7.81. The zero-order chi connectivity index (χ0) is 75.4. The van der Waals surface area contributed by atoms with Crippen molar-refractivity contribution < 1.29 is 19.2 Å². The number of rotatable bonds is 19. The van der Waals surface area contributed by atoms with Gasteiger partial charge in [0.25, 0.3) is 23.6 Å². The first-order valence-electron chi connectivity index (χ1n) is 37.2. The molecule has 3 fully saturated rings. The highest BCUT2D eigenvalue weighted by Crippen LogP contribution is 2.54. The molecule has 0 unspecified atom stereocenters. The van der Waals surface area contributed by atoms with Crippen molar-refractivity contribution in [2.75, 3.05) is 20.4 Å². The normalized spacial score (nSPS) is 16.2. The average molecular weight is 1440 g/mol. The summed E-state index contributed by atoms with van der Waals surface area (Å²) in [6.07, 6.45) is 15.0. The monoisotopic (exact) mass is 1440 g/mol. The van der Waals surface area contributed by atoms with Gasteiger partial charge in [-0.05, 0) is 218 Å². The van der Waals surface area contributed by atoms with Crippen LogP contribution in [0.25, 0.3) is 0 Å².